The fourth-order valence-electron chi connectivity index (χ4n) is 1.67. The second kappa shape index (κ2) is 8.14. The van der Waals surface area contributed by atoms with Gasteiger partial charge in [-0.3, -0.25) is 0 Å². The zero-order chi connectivity index (χ0) is 10.2. The normalized spacial score (nSPS) is 12.0. The molecule has 0 spiro atoms. The van der Waals surface area contributed by atoms with E-state index in [0.717, 1.165) is 3.43 Å². The maximum atomic E-state index is 2.35. The van der Waals surface area contributed by atoms with E-state index in [1.165, 1.54) is 51.4 Å². The Bertz CT molecular complexity index is 106. The third-order valence-corrected chi connectivity index (χ3v) is 5.84. The Morgan fingerprint density at radius 1 is 0.846 bits per heavy atom. The first-order valence-electron chi connectivity index (χ1n) is 5.93. The molecule has 0 atom stereocenters. The van der Waals surface area contributed by atoms with E-state index >= 15 is 0 Å². The molecule has 0 bridgehead atoms. The molecule has 0 aliphatic heterocycles. The van der Waals surface area contributed by atoms with Gasteiger partial charge >= 0.3 is 98.1 Å². The summed E-state index contributed by atoms with van der Waals surface area (Å²) in [6.07, 6.45) is 11.4. The third kappa shape index (κ3) is 6.81. The van der Waals surface area contributed by atoms with E-state index in [0.29, 0.717) is 0 Å². The molecule has 3 radical (unpaired) electrons. The molecule has 77 valence electrons. The molecule has 0 unspecified atom stereocenters. The van der Waals surface area contributed by atoms with E-state index in [4.69, 9.17) is 0 Å². The molecular formula is C12H25Sn. The maximum absolute atomic E-state index is 2.35. The molecule has 0 saturated carbocycles. The Morgan fingerprint density at radius 3 is 1.85 bits per heavy atom. The van der Waals surface area contributed by atoms with Gasteiger partial charge in [-0.1, -0.05) is 0 Å². The summed E-state index contributed by atoms with van der Waals surface area (Å²) in [6.45, 7) is 6.99. The number of hydrogen-bond donors (Lipinski definition) is 0. The van der Waals surface area contributed by atoms with Gasteiger partial charge in [0.15, 0.2) is 0 Å². The van der Waals surface area contributed by atoms with Crippen LogP contribution in [0.1, 0.15) is 72.1 Å². The van der Waals surface area contributed by atoms with Crippen molar-refractivity contribution in [1.82, 2.24) is 0 Å². The molecular weight excluding hydrogens is 263 g/mol. The summed E-state index contributed by atoms with van der Waals surface area (Å²) in [5, 5.41) is 0. The minimum atomic E-state index is 0.721. The van der Waals surface area contributed by atoms with Gasteiger partial charge in [-0.15, -0.1) is 0 Å². The minimum absolute atomic E-state index is 0.721. The summed E-state index contributed by atoms with van der Waals surface area (Å²) in [6, 6.07) is 0. The van der Waals surface area contributed by atoms with Gasteiger partial charge in [0, 0.05) is 0 Å². The second-order valence-corrected chi connectivity index (χ2v) is 7.18. The Balaban J connectivity index is 3.39. The summed E-state index contributed by atoms with van der Waals surface area (Å²) in [5.74, 6) is 0. The monoisotopic (exact) mass is 289 g/mol. The van der Waals surface area contributed by atoms with Gasteiger partial charge < -0.3 is 0 Å². The molecule has 0 amide bonds. The van der Waals surface area contributed by atoms with Crippen LogP contribution in [0.5, 0.6) is 0 Å². The zero-order valence-corrected chi connectivity index (χ0v) is 12.5. The molecule has 0 saturated heterocycles. The first-order valence-corrected chi connectivity index (χ1v) is 7.36. The molecule has 0 aliphatic carbocycles. The molecule has 0 heterocycles. The van der Waals surface area contributed by atoms with E-state index in [1.807, 2.05) is 0 Å². The summed E-state index contributed by atoms with van der Waals surface area (Å²) in [7, 11) is 0. The van der Waals surface area contributed by atoms with Crippen LogP contribution < -0.4 is 0 Å². The average Bonchev–Trinajstić information content (AvgIpc) is 2.17. The standard InChI is InChI=1S/C12H25.Sn/c1-4-7-8-9-10-11-12(5-2)6-3;/h4-11H2,1-3H3;. The fourth-order valence-corrected chi connectivity index (χ4v) is 2.18. The second-order valence-electron chi connectivity index (χ2n) is 4.15. The predicted molar refractivity (Wildman–Crippen MR) is 62.4 cm³/mol. The van der Waals surface area contributed by atoms with Crippen LogP contribution >= 0.6 is 0 Å². The van der Waals surface area contributed by atoms with Gasteiger partial charge in [-0.05, 0) is 0 Å². The number of hydrogen-bond acceptors (Lipinski definition) is 0. The molecule has 0 N–H and O–H groups in total. The van der Waals surface area contributed by atoms with E-state index in [9.17, 15) is 0 Å². The first kappa shape index (κ1) is 13.8. The molecule has 0 aromatic rings. The van der Waals surface area contributed by atoms with Crippen LogP contribution in [0.15, 0.2) is 0 Å². The van der Waals surface area contributed by atoms with Crippen molar-refractivity contribution in [2.75, 3.05) is 0 Å². The van der Waals surface area contributed by atoms with E-state index in [2.05, 4.69) is 20.8 Å². The summed E-state index contributed by atoms with van der Waals surface area (Å²) < 4.78 is 0.721. The predicted octanol–water partition coefficient (Wildman–Crippen LogP) is 4.49. The van der Waals surface area contributed by atoms with Crippen molar-refractivity contribution in [3.05, 3.63) is 0 Å². The summed E-state index contributed by atoms with van der Waals surface area (Å²) >= 11 is 1.76. The molecule has 1 heteroatoms. The van der Waals surface area contributed by atoms with Gasteiger partial charge in [0.2, 0.25) is 0 Å². The van der Waals surface area contributed by atoms with Crippen LogP contribution in [0, 0.1) is 0 Å². The van der Waals surface area contributed by atoms with Crippen LogP contribution in [-0.4, -0.2) is 22.5 Å². The van der Waals surface area contributed by atoms with Crippen LogP contribution in [0.4, 0.5) is 0 Å². The quantitative estimate of drug-likeness (QED) is 0.456. The van der Waals surface area contributed by atoms with Crippen LogP contribution in [-0.2, 0) is 0 Å². The average molecular weight is 288 g/mol. The van der Waals surface area contributed by atoms with Gasteiger partial charge in [-0.25, -0.2) is 0 Å². The van der Waals surface area contributed by atoms with Crippen molar-refractivity contribution in [2.24, 2.45) is 0 Å². The SMILES string of the molecule is CCCCCCC[C]([Sn])(CC)CC. The van der Waals surface area contributed by atoms with Crippen molar-refractivity contribution < 1.29 is 0 Å². The number of rotatable bonds is 8. The number of unbranched alkanes of at least 4 members (excludes halogenated alkanes) is 4. The molecule has 0 aromatic heterocycles. The Kier molecular flexibility index (Phi) is 8.64. The first-order chi connectivity index (χ1) is 6.18. The van der Waals surface area contributed by atoms with Crippen molar-refractivity contribution in [2.45, 2.75) is 75.6 Å². The third-order valence-electron chi connectivity index (χ3n) is 3.11. The Hall–Kier alpha value is 0.799. The van der Waals surface area contributed by atoms with E-state index in [-0.39, 0.29) is 0 Å². The van der Waals surface area contributed by atoms with Gasteiger partial charge in [0.1, 0.15) is 0 Å². The molecule has 0 aliphatic rings. The topological polar surface area (TPSA) is 0 Å². The molecule has 0 rings (SSSR count). The van der Waals surface area contributed by atoms with E-state index < -0.39 is 0 Å². The molecule has 0 aromatic carbocycles. The van der Waals surface area contributed by atoms with Gasteiger partial charge in [0.05, 0.1) is 0 Å². The summed E-state index contributed by atoms with van der Waals surface area (Å²) in [4.78, 5) is 0. The van der Waals surface area contributed by atoms with Crippen molar-refractivity contribution in [3.8, 4) is 0 Å². The molecule has 0 nitrogen and oxygen atoms in total. The van der Waals surface area contributed by atoms with Gasteiger partial charge in [-0.2, -0.15) is 0 Å². The fraction of sp³-hybridized carbons (Fsp3) is 1.00. The van der Waals surface area contributed by atoms with Crippen LogP contribution in [0.25, 0.3) is 0 Å². The Morgan fingerprint density at radius 2 is 1.38 bits per heavy atom. The van der Waals surface area contributed by atoms with Crippen LogP contribution in [0.3, 0.4) is 0 Å². The van der Waals surface area contributed by atoms with Crippen LogP contribution in [0.2, 0.25) is 3.43 Å². The molecule has 0 fully saturated rings. The van der Waals surface area contributed by atoms with Crippen molar-refractivity contribution in [1.29, 1.82) is 0 Å². The molecule has 13 heavy (non-hydrogen) atoms. The van der Waals surface area contributed by atoms with E-state index in [1.54, 1.807) is 22.5 Å². The van der Waals surface area contributed by atoms with Crippen molar-refractivity contribution in [3.63, 3.8) is 0 Å². The Labute approximate surface area is 98.0 Å². The zero-order valence-electron chi connectivity index (χ0n) is 9.66. The van der Waals surface area contributed by atoms with Crippen molar-refractivity contribution >= 4 is 22.5 Å². The summed E-state index contributed by atoms with van der Waals surface area (Å²) in [5.41, 5.74) is 0. The van der Waals surface area contributed by atoms with Gasteiger partial charge in [0.25, 0.3) is 0 Å².